The van der Waals surface area contributed by atoms with Gasteiger partial charge < -0.3 is 10.1 Å². The first-order chi connectivity index (χ1) is 12.6. The van der Waals surface area contributed by atoms with Gasteiger partial charge in [0, 0.05) is 43.1 Å². The Balaban J connectivity index is 1.50. The van der Waals surface area contributed by atoms with Crippen molar-refractivity contribution in [3.05, 3.63) is 29.6 Å². The van der Waals surface area contributed by atoms with Gasteiger partial charge in [-0.3, -0.25) is 9.69 Å². The second-order valence-corrected chi connectivity index (χ2v) is 8.50. The fraction of sp³-hybridized carbons (Fsp3) is 0.650. The maximum Gasteiger partial charge on any atom is 0.220 e. The number of rotatable bonds is 7. The number of thioether (sulfide) groups is 1. The van der Waals surface area contributed by atoms with E-state index in [-0.39, 0.29) is 23.0 Å². The molecule has 144 valence electrons. The van der Waals surface area contributed by atoms with Crippen molar-refractivity contribution in [1.29, 1.82) is 0 Å². The van der Waals surface area contributed by atoms with E-state index in [9.17, 15) is 9.18 Å². The lowest BCUT2D eigenvalue weighted by atomic mass is 9.94. The first-order valence-electron chi connectivity index (χ1n) is 9.55. The van der Waals surface area contributed by atoms with Gasteiger partial charge in [0.2, 0.25) is 5.91 Å². The molecule has 26 heavy (non-hydrogen) atoms. The van der Waals surface area contributed by atoms with Gasteiger partial charge in [0.1, 0.15) is 0 Å². The van der Waals surface area contributed by atoms with Crippen LogP contribution < -0.4 is 10.1 Å². The number of carbonyl (C=O) groups is 1. The standard InChI is InChI=1S/C20H29FN2O2S/c1-25-18-6-4-16(14-17(18)21)5-7-19(24)22-15-20(8-2-3-9-20)23-10-12-26-13-11-23/h4,6,14H,2-3,5,7-13,15H2,1H3,(H,22,24). The topological polar surface area (TPSA) is 41.6 Å². The maximum atomic E-state index is 13.8. The van der Waals surface area contributed by atoms with E-state index in [1.807, 2.05) is 17.8 Å². The highest BCUT2D eigenvalue weighted by atomic mass is 32.2. The van der Waals surface area contributed by atoms with Gasteiger partial charge in [-0.25, -0.2) is 4.39 Å². The Morgan fingerprint density at radius 1 is 1.31 bits per heavy atom. The number of nitrogens with zero attached hydrogens (tertiary/aromatic N) is 1. The van der Waals surface area contributed by atoms with Crippen molar-refractivity contribution in [2.45, 2.75) is 44.1 Å². The molecule has 1 N–H and O–H groups in total. The molecule has 2 fully saturated rings. The summed E-state index contributed by atoms with van der Waals surface area (Å²) in [5, 5.41) is 3.16. The Morgan fingerprint density at radius 3 is 2.69 bits per heavy atom. The molecule has 1 aliphatic heterocycles. The fourth-order valence-electron chi connectivity index (χ4n) is 4.15. The smallest absolute Gasteiger partial charge is 0.220 e. The zero-order chi connectivity index (χ0) is 18.4. The van der Waals surface area contributed by atoms with Crippen molar-refractivity contribution in [2.75, 3.05) is 38.2 Å². The average Bonchev–Trinajstić information content (AvgIpc) is 3.16. The van der Waals surface area contributed by atoms with Gasteiger partial charge in [-0.15, -0.1) is 0 Å². The Kier molecular flexibility index (Phi) is 6.81. The zero-order valence-corrected chi connectivity index (χ0v) is 16.4. The zero-order valence-electron chi connectivity index (χ0n) is 15.6. The van der Waals surface area contributed by atoms with Gasteiger partial charge in [-0.05, 0) is 37.0 Å². The predicted octanol–water partition coefficient (Wildman–Crippen LogP) is 3.24. The van der Waals surface area contributed by atoms with Crippen LogP contribution in [0.4, 0.5) is 4.39 Å². The number of halogens is 1. The summed E-state index contributed by atoms with van der Waals surface area (Å²) in [5.41, 5.74) is 0.977. The molecule has 1 aromatic rings. The quantitative estimate of drug-likeness (QED) is 0.788. The third-order valence-electron chi connectivity index (χ3n) is 5.69. The van der Waals surface area contributed by atoms with Crippen LogP contribution in [-0.4, -0.2) is 54.6 Å². The molecule has 0 unspecified atom stereocenters. The molecule has 4 nitrogen and oxygen atoms in total. The van der Waals surface area contributed by atoms with Crippen LogP contribution in [0, 0.1) is 5.82 Å². The largest absolute Gasteiger partial charge is 0.494 e. The van der Waals surface area contributed by atoms with Crippen molar-refractivity contribution in [3.8, 4) is 5.75 Å². The number of amides is 1. The van der Waals surface area contributed by atoms with Crippen LogP contribution in [0.5, 0.6) is 5.75 Å². The molecule has 1 aliphatic carbocycles. The second kappa shape index (κ2) is 9.09. The number of nitrogens with one attached hydrogen (secondary N) is 1. The van der Waals surface area contributed by atoms with E-state index in [4.69, 9.17) is 4.74 Å². The minimum Gasteiger partial charge on any atom is -0.494 e. The lowest BCUT2D eigenvalue weighted by Gasteiger charge is -2.43. The first-order valence-corrected chi connectivity index (χ1v) is 10.7. The SMILES string of the molecule is COc1ccc(CCC(=O)NCC2(N3CCSCC3)CCCC2)cc1F. The van der Waals surface area contributed by atoms with Crippen molar-refractivity contribution in [3.63, 3.8) is 0 Å². The third kappa shape index (κ3) is 4.71. The molecule has 0 radical (unpaired) electrons. The number of aryl methyl sites for hydroxylation is 1. The Labute approximate surface area is 159 Å². The van der Waals surface area contributed by atoms with E-state index >= 15 is 0 Å². The van der Waals surface area contributed by atoms with E-state index in [1.54, 1.807) is 6.07 Å². The van der Waals surface area contributed by atoms with Gasteiger partial charge in [0.25, 0.3) is 0 Å². The highest BCUT2D eigenvalue weighted by molar-refractivity contribution is 7.99. The Bertz CT molecular complexity index is 614. The fourth-order valence-corrected chi connectivity index (χ4v) is 5.05. The van der Waals surface area contributed by atoms with Crippen LogP contribution in [0.25, 0.3) is 0 Å². The molecule has 6 heteroatoms. The maximum absolute atomic E-state index is 13.8. The minimum atomic E-state index is -0.377. The van der Waals surface area contributed by atoms with Crippen molar-refractivity contribution in [1.82, 2.24) is 10.2 Å². The third-order valence-corrected chi connectivity index (χ3v) is 6.63. The van der Waals surface area contributed by atoms with Crippen molar-refractivity contribution in [2.24, 2.45) is 0 Å². The highest BCUT2D eigenvalue weighted by Crippen LogP contribution is 2.36. The van der Waals surface area contributed by atoms with E-state index in [2.05, 4.69) is 10.2 Å². The summed E-state index contributed by atoms with van der Waals surface area (Å²) in [5.74, 6) is 2.30. The van der Waals surface area contributed by atoms with Crippen LogP contribution in [0.2, 0.25) is 0 Å². The number of hydrogen-bond donors (Lipinski definition) is 1. The van der Waals surface area contributed by atoms with E-state index in [1.165, 1.54) is 50.4 Å². The summed E-state index contributed by atoms with van der Waals surface area (Å²) in [7, 11) is 1.45. The molecule has 1 saturated heterocycles. The summed E-state index contributed by atoms with van der Waals surface area (Å²) >= 11 is 2.02. The van der Waals surface area contributed by atoms with Gasteiger partial charge in [0.05, 0.1) is 7.11 Å². The van der Waals surface area contributed by atoms with E-state index < -0.39 is 0 Å². The molecule has 1 amide bonds. The average molecular weight is 381 g/mol. The van der Waals surface area contributed by atoms with Gasteiger partial charge >= 0.3 is 0 Å². The first kappa shape index (κ1) is 19.5. The molecule has 3 rings (SSSR count). The summed E-state index contributed by atoms with van der Waals surface area (Å²) in [6.07, 6.45) is 5.80. The number of carbonyl (C=O) groups excluding carboxylic acids is 1. The molecule has 0 spiro atoms. The molecule has 1 aromatic carbocycles. The van der Waals surface area contributed by atoms with Crippen LogP contribution >= 0.6 is 11.8 Å². The van der Waals surface area contributed by atoms with E-state index in [0.717, 1.165) is 25.2 Å². The predicted molar refractivity (Wildman–Crippen MR) is 104 cm³/mol. The van der Waals surface area contributed by atoms with Gasteiger partial charge in [0.15, 0.2) is 11.6 Å². The molecular weight excluding hydrogens is 351 g/mol. The molecule has 0 atom stereocenters. The van der Waals surface area contributed by atoms with Gasteiger partial charge in [-0.2, -0.15) is 11.8 Å². The molecule has 1 saturated carbocycles. The summed E-state index contributed by atoms with van der Waals surface area (Å²) in [6.45, 7) is 3.00. The number of hydrogen-bond acceptors (Lipinski definition) is 4. The number of methoxy groups -OCH3 is 1. The lowest BCUT2D eigenvalue weighted by Crippen LogP contribution is -2.56. The molecule has 0 aromatic heterocycles. The van der Waals surface area contributed by atoms with Crippen LogP contribution in [-0.2, 0) is 11.2 Å². The second-order valence-electron chi connectivity index (χ2n) is 7.28. The monoisotopic (exact) mass is 380 g/mol. The number of benzene rings is 1. The van der Waals surface area contributed by atoms with Crippen LogP contribution in [0.15, 0.2) is 18.2 Å². The van der Waals surface area contributed by atoms with Crippen molar-refractivity contribution < 1.29 is 13.9 Å². The normalized spacial score (nSPS) is 20.1. The summed E-state index contributed by atoms with van der Waals surface area (Å²) in [4.78, 5) is 15.0. The highest BCUT2D eigenvalue weighted by Gasteiger charge is 2.40. The van der Waals surface area contributed by atoms with Crippen LogP contribution in [0.1, 0.15) is 37.7 Å². The van der Waals surface area contributed by atoms with Gasteiger partial charge in [-0.1, -0.05) is 18.9 Å². The van der Waals surface area contributed by atoms with E-state index in [0.29, 0.717) is 12.8 Å². The Hall–Kier alpha value is -1.27. The summed E-state index contributed by atoms with van der Waals surface area (Å²) in [6, 6.07) is 4.89. The van der Waals surface area contributed by atoms with Crippen molar-refractivity contribution >= 4 is 17.7 Å². The van der Waals surface area contributed by atoms with Crippen LogP contribution in [0.3, 0.4) is 0 Å². The molecule has 0 bridgehead atoms. The lowest BCUT2D eigenvalue weighted by molar-refractivity contribution is -0.121. The molecule has 2 aliphatic rings. The molecular formula is C20H29FN2O2S. The summed E-state index contributed by atoms with van der Waals surface area (Å²) < 4.78 is 18.7. The minimum absolute atomic E-state index is 0.0545. The number of ether oxygens (including phenoxy) is 1. The molecule has 1 heterocycles. The Morgan fingerprint density at radius 2 is 2.04 bits per heavy atom.